The first-order valence-electron chi connectivity index (χ1n) is 7.22. The first-order chi connectivity index (χ1) is 11.2. The van der Waals surface area contributed by atoms with Gasteiger partial charge in [-0.05, 0) is 42.0 Å². The smallest absolute Gasteiger partial charge is 0.414 e. The maximum absolute atomic E-state index is 12.8. The number of carbonyl (C=O) groups excluding carboxylic acids is 1. The van der Waals surface area contributed by atoms with Crippen LogP contribution in [0.15, 0.2) is 48.5 Å². The summed E-state index contributed by atoms with van der Waals surface area (Å²) >= 11 is 0. The van der Waals surface area contributed by atoms with E-state index >= 15 is 0 Å². The molecule has 0 saturated carbocycles. The van der Waals surface area contributed by atoms with Gasteiger partial charge in [-0.15, -0.1) is 0 Å². The summed E-state index contributed by atoms with van der Waals surface area (Å²) in [5, 5.41) is 9.04. The van der Waals surface area contributed by atoms with E-state index in [9.17, 15) is 9.18 Å². The topological polar surface area (TPSA) is 59.0 Å². The van der Waals surface area contributed by atoms with Crippen LogP contribution < -0.4 is 9.64 Å². The van der Waals surface area contributed by atoms with Crippen LogP contribution in [0.25, 0.3) is 0 Å². The standard InChI is InChI=1S/C17H16FNO4/c18-13-3-1-12(2-4-13)11-22-15-7-5-14(6-8-15)19-9-16(10-20)23-17(19)21/h1-8,16,20H,9-11H2. The lowest BCUT2D eigenvalue weighted by Gasteiger charge is -2.13. The molecule has 0 aliphatic carbocycles. The zero-order chi connectivity index (χ0) is 16.2. The van der Waals surface area contributed by atoms with Gasteiger partial charge in [-0.3, -0.25) is 4.90 Å². The molecule has 1 aliphatic heterocycles. The average Bonchev–Trinajstić information content (AvgIpc) is 2.96. The van der Waals surface area contributed by atoms with Crippen molar-refractivity contribution >= 4 is 11.8 Å². The molecule has 3 rings (SSSR count). The van der Waals surface area contributed by atoms with Crippen LogP contribution in [0.1, 0.15) is 5.56 Å². The van der Waals surface area contributed by atoms with Crippen LogP contribution in [-0.4, -0.2) is 30.5 Å². The van der Waals surface area contributed by atoms with Crippen molar-refractivity contribution in [2.24, 2.45) is 0 Å². The van der Waals surface area contributed by atoms with Gasteiger partial charge >= 0.3 is 6.09 Å². The van der Waals surface area contributed by atoms with E-state index in [0.29, 0.717) is 24.6 Å². The van der Waals surface area contributed by atoms with Crippen LogP contribution in [0.5, 0.6) is 5.75 Å². The predicted molar refractivity (Wildman–Crippen MR) is 81.9 cm³/mol. The monoisotopic (exact) mass is 317 g/mol. The molecule has 0 radical (unpaired) electrons. The van der Waals surface area contributed by atoms with Crippen molar-refractivity contribution < 1.29 is 23.8 Å². The molecule has 1 aliphatic rings. The van der Waals surface area contributed by atoms with Crippen LogP contribution in [-0.2, 0) is 11.3 Å². The van der Waals surface area contributed by atoms with Crippen LogP contribution in [0.2, 0.25) is 0 Å². The summed E-state index contributed by atoms with van der Waals surface area (Å²) in [5.41, 5.74) is 1.55. The van der Waals surface area contributed by atoms with Crippen molar-refractivity contribution in [3.05, 3.63) is 59.9 Å². The Bertz CT molecular complexity index is 672. The van der Waals surface area contributed by atoms with Crippen molar-refractivity contribution in [1.29, 1.82) is 0 Å². The summed E-state index contributed by atoms with van der Waals surface area (Å²) in [5.74, 6) is 0.362. The van der Waals surface area contributed by atoms with E-state index in [4.69, 9.17) is 14.6 Å². The Labute approximate surface area is 132 Å². The van der Waals surface area contributed by atoms with Gasteiger partial charge in [0.05, 0.1) is 13.2 Å². The summed E-state index contributed by atoms with van der Waals surface area (Å²) in [4.78, 5) is 13.2. The normalized spacial score (nSPS) is 17.2. The van der Waals surface area contributed by atoms with Crippen molar-refractivity contribution in [1.82, 2.24) is 0 Å². The molecule has 1 N–H and O–H groups in total. The number of amides is 1. The van der Waals surface area contributed by atoms with Gasteiger partial charge in [0.1, 0.15) is 24.3 Å². The molecule has 0 bridgehead atoms. The van der Waals surface area contributed by atoms with Crippen LogP contribution in [0.3, 0.4) is 0 Å². The molecule has 1 saturated heterocycles. The third kappa shape index (κ3) is 3.60. The number of halogens is 1. The molecule has 0 aromatic heterocycles. The second kappa shape index (κ2) is 6.66. The Morgan fingerprint density at radius 2 is 1.87 bits per heavy atom. The lowest BCUT2D eigenvalue weighted by Crippen LogP contribution is -2.25. The highest BCUT2D eigenvalue weighted by molar-refractivity contribution is 5.89. The Balaban J connectivity index is 1.61. The number of hydrogen-bond acceptors (Lipinski definition) is 4. The minimum absolute atomic E-state index is 0.193. The third-order valence-corrected chi connectivity index (χ3v) is 3.54. The number of ether oxygens (including phenoxy) is 2. The lowest BCUT2D eigenvalue weighted by molar-refractivity contribution is 0.0963. The number of nitrogens with zero attached hydrogens (tertiary/aromatic N) is 1. The molecule has 5 nitrogen and oxygen atoms in total. The first kappa shape index (κ1) is 15.3. The van der Waals surface area contributed by atoms with Crippen LogP contribution in [0, 0.1) is 5.82 Å². The zero-order valence-corrected chi connectivity index (χ0v) is 12.3. The van der Waals surface area contributed by atoms with E-state index in [0.717, 1.165) is 5.56 Å². The molecule has 6 heteroatoms. The maximum atomic E-state index is 12.8. The molecular formula is C17H16FNO4. The fourth-order valence-electron chi connectivity index (χ4n) is 2.30. The van der Waals surface area contributed by atoms with Gasteiger partial charge in [0.2, 0.25) is 0 Å². The molecule has 1 amide bonds. The molecule has 1 heterocycles. The van der Waals surface area contributed by atoms with Crippen molar-refractivity contribution in [3.8, 4) is 5.75 Å². The second-order valence-electron chi connectivity index (χ2n) is 5.21. The highest BCUT2D eigenvalue weighted by Gasteiger charge is 2.31. The van der Waals surface area contributed by atoms with E-state index in [1.54, 1.807) is 36.4 Å². The van der Waals surface area contributed by atoms with E-state index in [-0.39, 0.29) is 12.4 Å². The summed E-state index contributed by atoms with van der Waals surface area (Å²) < 4.78 is 23.4. The predicted octanol–water partition coefficient (Wildman–Crippen LogP) is 2.72. The molecule has 1 atom stereocenters. The van der Waals surface area contributed by atoms with Gasteiger partial charge in [0.15, 0.2) is 0 Å². The minimum atomic E-state index is -0.489. The molecule has 1 unspecified atom stereocenters. The maximum Gasteiger partial charge on any atom is 0.414 e. The number of anilines is 1. The minimum Gasteiger partial charge on any atom is -0.489 e. The van der Waals surface area contributed by atoms with Gasteiger partial charge in [-0.1, -0.05) is 12.1 Å². The number of benzene rings is 2. The van der Waals surface area contributed by atoms with Crippen molar-refractivity contribution in [3.63, 3.8) is 0 Å². The van der Waals surface area contributed by atoms with E-state index in [1.807, 2.05) is 0 Å². The summed E-state index contributed by atoms with van der Waals surface area (Å²) in [6.07, 6.45) is -0.957. The average molecular weight is 317 g/mol. The summed E-state index contributed by atoms with van der Waals surface area (Å²) in [6, 6.07) is 13.1. The first-order valence-corrected chi connectivity index (χ1v) is 7.22. The Kier molecular flexibility index (Phi) is 4.43. The van der Waals surface area contributed by atoms with Crippen LogP contribution >= 0.6 is 0 Å². The second-order valence-corrected chi connectivity index (χ2v) is 5.21. The molecular weight excluding hydrogens is 301 g/mol. The lowest BCUT2D eigenvalue weighted by atomic mass is 10.2. The van der Waals surface area contributed by atoms with Crippen molar-refractivity contribution in [2.75, 3.05) is 18.1 Å². The quantitative estimate of drug-likeness (QED) is 0.921. The SMILES string of the molecule is O=C1OC(CO)CN1c1ccc(OCc2ccc(F)cc2)cc1. The summed E-state index contributed by atoms with van der Waals surface area (Å²) in [7, 11) is 0. The van der Waals surface area contributed by atoms with Gasteiger partial charge in [0.25, 0.3) is 0 Å². The highest BCUT2D eigenvalue weighted by Crippen LogP contribution is 2.24. The van der Waals surface area contributed by atoms with Gasteiger partial charge in [-0.25, -0.2) is 9.18 Å². The van der Waals surface area contributed by atoms with E-state index in [1.165, 1.54) is 17.0 Å². The Morgan fingerprint density at radius 3 is 2.48 bits per heavy atom. The number of rotatable bonds is 5. The van der Waals surface area contributed by atoms with Gasteiger partial charge < -0.3 is 14.6 Å². The Hall–Kier alpha value is -2.60. The molecule has 2 aromatic carbocycles. The fourth-order valence-corrected chi connectivity index (χ4v) is 2.30. The molecule has 23 heavy (non-hydrogen) atoms. The van der Waals surface area contributed by atoms with E-state index in [2.05, 4.69) is 0 Å². The van der Waals surface area contributed by atoms with Crippen molar-refractivity contribution in [2.45, 2.75) is 12.7 Å². The molecule has 120 valence electrons. The summed E-state index contributed by atoms with van der Waals surface area (Å²) in [6.45, 7) is 0.462. The van der Waals surface area contributed by atoms with E-state index < -0.39 is 12.2 Å². The van der Waals surface area contributed by atoms with Gasteiger partial charge in [-0.2, -0.15) is 0 Å². The number of hydrogen-bond donors (Lipinski definition) is 1. The highest BCUT2D eigenvalue weighted by atomic mass is 19.1. The number of aliphatic hydroxyl groups is 1. The molecule has 1 fully saturated rings. The van der Waals surface area contributed by atoms with Gasteiger partial charge in [0, 0.05) is 5.69 Å². The molecule has 0 spiro atoms. The third-order valence-electron chi connectivity index (χ3n) is 3.54. The zero-order valence-electron chi connectivity index (χ0n) is 12.3. The van der Waals surface area contributed by atoms with Crippen LogP contribution in [0.4, 0.5) is 14.9 Å². The Morgan fingerprint density at radius 1 is 1.17 bits per heavy atom. The fraction of sp³-hybridized carbons (Fsp3) is 0.235. The largest absolute Gasteiger partial charge is 0.489 e. The number of carbonyl (C=O) groups is 1. The number of aliphatic hydroxyl groups excluding tert-OH is 1. The molecule has 2 aromatic rings. The number of cyclic esters (lactones) is 1.